The largest absolute Gasteiger partial charge is 0.459 e. The summed E-state index contributed by atoms with van der Waals surface area (Å²) in [7, 11) is 0. The van der Waals surface area contributed by atoms with E-state index in [0.717, 1.165) is 0 Å². The summed E-state index contributed by atoms with van der Waals surface area (Å²) in [4.78, 5) is 11.5. The highest BCUT2D eigenvalue weighted by molar-refractivity contribution is 5.97. The Morgan fingerprint density at radius 2 is 1.89 bits per heavy atom. The molecule has 0 amide bonds. The molecule has 0 aliphatic heterocycles. The van der Waals surface area contributed by atoms with Crippen LogP contribution in [0, 0.1) is 22.7 Å². The fraction of sp³-hybridized carbons (Fsp3) is 0.214. The van der Waals surface area contributed by atoms with Gasteiger partial charge in [0.05, 0.1) is 17.7 Å². The quantitative estimate of drug-likeness (QED) is 0.462. The van der Waals surface area contributed by atoms with Crippen LogP contribution in [0.1, 0.15) is 25.0 Å². The number of rotatable bonds is 3. The topological polar surface area (TPSA) is 73.9 Å². The van der Waals surface area contributed by atoms with E-state index in [-0.39, 0.29) is 11.7 Å². The fourth-order valence-electron chi connectivity index (χ4n) is 1.23. The molecule has 0 bridgehead atoms. The second-order valence-corrected chi connectivity index (χ2v) is 3.86. The van der Waals surface area contributed by atoms with Crippen molar-refractivity contribution in [3.63, 3.8) is 0 Å². The molecule has 1 aromatic carbocycles. The second kappa shape index (κ2) is 6.22. The Morgan fingerprint density at radius 1 is 1.28 bits per heavy atom. The van der Waals surface area contributed by atoms with E-state index in [1.807, 2.05) is 6.07 Å². The summed E-state index contributed by atoms with van der Waals surface area (Å²) in [6.45, 7) is 3.43. The van der Waals surface area contributed by atoms with Gasteiger partial charge in [0.25, 0.3) is 0 Å². The molecule has 0 aromatic heterocycles. The summed E-state index contributed by atoms with van der Waals surface area (Å²) >= 11 is 0. The average molecular weight is 240 g/mol. The van der Waals surface area contributed by atoms with Crippen LogP contribution in [-0.4, -0.2) is 12.1 Å². The molecular weight excluding hydrogens is 228 g/mol. The molecule has 0 atom stereocenters. The van der Waals surface area contributed by atoms with E-state index in [2.05, 4.69) is 0 Å². The highest BCUT2D eigenvalue weighted by atomic mass is 16.5. The number of benzene rings is 1. The lowest BCUT2D eigenvalue weighted by Gasteiger charge is -2.06. The Morgan fingerprint density at radius 3 is 2.33 bits per heavy atom. The molecule has 18 heavy (non-hydrogen) atoms. The van der Waals surface area contributed by atoms with Gasteiger partial charge in [-0.25, -0.2) is 4.79 Å². The number of esters is 1. The first-order chi connectivity index (χ1) is 8.56. The second-order valence-electron chi connectivity index (χ2n) is 3.86. The zero-order valence-corrected chi connectivity index (χ0v) is 10.2. The summed E-state index contributed by atoms with van der Waals surface area (Å²) in [6.07, 6.45) is 1.17. The van der Waals surface area contributed by atoms with Crippen LogP contribution >= 0.6 is 0 Å². The molecule has 0 radical (unpaired) electrons. The zero-order valence-electron chi connectivity index (χ0n) is 10.2. The number of nitriles is 2. The Balaban J connectivity index is 2.94. The van der Waals surface area contributed by atoms with Crippen LogP contribution in [0.25, 0.3) is 6.08 Å². The van der Waals surface area contributed by atoms with Gasteiger partial charge in [-0.05, 0) is 37.6 Å². The first kappa shape index (κ1) is 13.5. The molecule has 0 spiro atoms. The van der Waals surface area contributed by atoms with E-state index in [1.165, 1.54) is 6.08 Å². The molecule has 4 nitrogen and oxygen atoms in total. The predicted molar refractivity (Wildman–Crippen MR) is 66.0 cm³/mol. The van der Waals surface area contributed by atoms with Gasteiger partial charge < -0.3 is 4.74 Å². The number of carbonyl (C=O) groups is 1. The number of carbonyl (C=O) groups excluding carboxylic acids is 1. The van der Waals surface area contributed by atoms with Gasteiger partial charge in [-0.2, -0.15) is 10.5 Å². The van der Waals surface area contributed by atoms with Gasteiger partial charge in [-0.1, -0.05) is 12.1 Å². The van der Waals surface area contributed by atoms with E-state index in [9.17, 15) is 4.79 Å². The lowest BCUT2D eigenvalue weighted by atomic mass is 10.1. The zero-order chi connectivity index (χ0) is 13.5. The maximum absolute atomic E-state index is 11.5. The molecule has 0 fully saturated rings. The van der Waals surface area contributed by atoms with E-state index in [0.29, 0.717) is 11.1 Å². The Hall–Kier alpha value is -2.59. The maximum atomic E-state index is 11.5. The van der Waals surface area contributed by atoms with E-state index in [4.69, 9.17) is 15.3 Å². The van der Waals surface area contributed by atoms with E-state index >= 15 is 0 Å². The minimum atomic E-state index is -0.642. The lowest BCUT2D eigenvalue weighted by Crippen LogP contribution is -2.12. The smallest absolute Gasteiger partial charge is 0.349 e. The van der Waals surface area contributed by atoms with Crippen molar-refractivity contribution in [2.45, 2.75) is 20.0 Å². The molecule has 0 saturated heterocycles. The van der Waals surface area contributed by atoms with Crippen LogP contribution in [0.15, 0.2) is 29.8 Å². The van der Waals surface area contributed by atoms with Crippen LogP contribution in [0.3, 0.4) is 0 Å². The van der Waals surface area contributed by atoms with Crippen molar-refractivity contribution in [2.75, 3.05) is 0 Å². The van der Waals surface area contributed by atoms with Crippen molar-refractivity contribution in [1.82, 2.24) is 0 Å². The molecule has 4 heteroatoms. The van der Waals surface area contributed by atoms with Crippen molar-refractivity contribution in [3.8, 4) is 12.1 Å². The minimum absolute atomic E-state index is 0.0617. The lowest BCUT2D eigenvalue weighted by molar-refractivity contribution is -0.142. The molecule has 1 rings (SSSR count). The molecule has 0 unspecified atom stereocenters. The molecule has 1 aromatic rings. The van der Waals surface area contributed by atoms with Crippen LogP contribution in [0.2, 0.25) is 0 Å². The Labute approximate surface area is 106 Å². The van der Waals surface area contributed by atoms with E-state index in [1.54, 1.807) is 44.2 Å². The first-order valence-corrected chi connectivity index (χ1v) is 5.39. The maximum Gasteiger partial charge on any atom is 0.349 e. The van der Waals surface area contributed by atoms with Crippen LogP contribution in [0.5, 0.6) is 0 Å². The standard InChI is InChI=1S/C14H12N2O2/c1-10(2)18-14(17)13(9-16)7-11-3-5-12(8-15)6-4-11/h3-7,10H,1-2H3. The normalized spacial score (nSPS) is 10.6. The predicted octanol–water partition coefficient (Wildman–Crippen LogP) is 2.42. The SMILES string of the molecule is CC(C)OC(=O)C(C#N)=Cc1ccc(C#N)cc1. The molecule has 0 aliphatic carbocycles. The number of hydrogen-bond donors (Lipinski definition) is 0. The Kier molecular flexibility index (Phi) is 4.66. The van der Waals surface area contributed by atoms with Gasteiger partial charge in [-0.15, -0.1) is 0 Å². The van der Waals surface area contributed by atoms with Crippen molar-refractivity contribution < 1.29 is 9.53 Å². The van der Waals surface area contributed by atoms with Gasteiger partial charge in [-0.3, -0.25) is 0 Å². The Bertz CT molecular complexity index is 543. The highest BCUT2D eigenvalue weighted by Gasteiger charge is 2.12. The number of nitrogens with zero attached hydrogens (tertiary/aromatic N) is 2. The molecule has 0 saturated carbocycles. The van der Waals surface area contributed by atoms with Crippen molar-refractivity contribution in [1.29, 1.82) is 10.5 Å². The third-order valence-corrected chi connectivity index (χ3v) is 2.03. The van der Waals surface area contributed by atoms with Gasteiger partial charge >= 0.3 is 5.97 Å². The number of ether oxygens (including phenoxy) is 1. The van der Waals surface area contributed by atoms with Crippen molar-refractivity contribution >= 4 is 12.0 Å². The summed E-state index contributed by atoms with van der Waals surface area (Å²) in [5.41, 5.74) is 1.13. The van der Waals surface area contributed by atoms with Crippen LogP contribution < -0.4 is 0 Å². The third-order valence-electron chi connectivity index (χ3n) is 2.03. The highest BCUT2D eigenvalue weighted by Crippen LogP contribution is 2.10. The summed E-state index contributed by atoms with van der Waals surface area (Å²) in [5, 5.41) is 17.6. The van der Waals surface area contributed by atoms with Crippen LogP contribution in [0.4, 0.5) is 0 Å². The molecular formula is C14H12N2O2. The first-order valence-electron chi connectivity index (χ1n) is 5.39. The fourth-order valence-corrected chi connectivity index (χ4v) is 1.23. The number of hydrogen-bond acceptors (Lipinski definition) is 4. The van der Waals surface area contributed by atoms with Crippen LogP contribution in [-0.2, 0) is 9.53 Å². The summed E-state index contributed by atoms with van der Waals surface area (Å²) in [5.74, 6) is -0.642. The molecule has 90 valence electrons. The van der Waals surface area contributed by atoms with E-state index < -0.39 is 5.97 Å². The average Bonchev–Trinajstić information content (AvgIpc) is 2.35. The monoisotopic (exact) mass is 240 g/mol. The van der Waals surface area contributed by atoms with Crippen molar-refractivity contribution in [3.05, 3.63) is 41.0 Å². The minimum Gasteiger partial charge on any atom is -0.459 e. The molecule has 0 N–H and O–H groups in total. The van der Waals surface area contributed by atoms with Gasteiger partial charge in [0.15, 0.2) is 0 Å². The summed E-state index contributed by atoms with van der Waals surface area (Å²) in [6, 6.07) is 10.4. The van der Waals surface area contributed by atoms with Gasteiger partial charge in [0, 0.05) is 0 Å². The summed E-state index contributed by atoms with van der Waals surface area (Å²) < 4.78 is 4.94. The van der Waals surface area contributed by atoms with Crippen molar-refractivity contribution in [2.24, 2.45) is 0 Å². The third kappa shape index (κ3) is 3.77. The molecule has 0 heterocycles. The molecule has 0 aliphatic rings. The van der Waals surface area contributed by atoms with Gasteiger partial charge in [0.1, 0.15) is 11.6 Å². The van der Waals surface area contributed by atoms with Gasteiger partial charge in [0.2, 0.25) is 0 Å².